The molecule has 1 aliphatic carbocycles. The van der Waals surface area contributed by atoms with Gasteiger partial charge in [0.2, 0.25) is 0 Å². The van der Waals surface area contributed by atoms with Gasteiger partial charge < -0.3 is 9.64 Å². The van der Waals surface area contributed by atoms with Crippen molar-refractivity contribution in [3.63, 3.8) is 0 Å². The third-order valence-corrected chi connectivity index (χ3v) is 4.15. The van der Waals surface area contributed by atoms with Crippen LogP contribution in [0.25, 0.3) is 0 Å². The van der Waals surface area contributed by atoms with Crippen LogP contribution in [0.4, 0.5) is 5.69 Å². The van der Waals surface area contributed by atoms with Crippen LogP contribution in [-0.4, -0.2) is 30.3 Å². The largest absolute Gasteiger partial charge is 0.374 e. The Morgan fingerprint density at radius 1 is 1.44 bits per heavy atom. The molecule has 1 saturated heterocycles. The summed E-state index contributed by atoms with van der Waals surface area (Å²) in [6.45, 7) is 1.83. The van der Waals surface area contributed by atoms with E-state index in [9.17, 15) is 0 Å². The van der Waals surface area contributed by atoms with Gasteiger partial charge >= 0.3 is 0 Å². The van der Waals surface area contributed by atoms with E-state index in [1.54, 1.807) is 0 Å². The predicted molar refractivity (Wildman–Crippen MR) is 66.7 cm³/mol. The SMILES string of the molecule is Brc1cnccc1N1CCOC2CCCC21. The van der Waals surface area contributed by atoms with Gasteiger partial charge in [-0.1, -0.05) is 0 Å². The predicted octanol–water partition coefficient (Wildman–Crippen LogP) is 2.60. The number of aromatic nitrogens is 1. The summed E-state index contributed by atoms with van der Waals surface area (Å²) in [7, 11) is 0. The van der Waals surface area contributed by atoms with Crippen LogP contribution < -0.4 is 4.90 Å². The highest BCUT2D eigenvalue weighted by atomic mass is 79.9. The maximum Gasteiger partial charge on any atom is 0.0779 e. The molecule has 2 heterocycles. The van der Waals surface area contributed by atoms with Gasteiger partial charge in [-0.3, -0.25) is 4.98 Å². The molecule has 0 spiro atoms. The lowest BCUT2D eigenvalue weighted by molar-refractivity contribution is 0.0256. The molecular weight excluding hydrogens is 268 g/mol. The summed E-state index contributed by atoms with van der Waals surface area (Å²) in [5, 5.41) is 0. The second-order valence-corrected chi connectivity index (χ2v) is 5.28. The summed E-state index contributed by atoms with van der Waals surface area (Å²) in [5.74, 6) is 0. The molecule has 1 aromatic heterocycles. The average Bonchev–Trinajstić information content (AvgIpc) is 2.77. The van der Waals surface area contributed by atoms with Crippen molar-refractivity contribution < 1.29 is 4.74 Å². The Morgan fingerprint density at radius 3 is 3.25 bits per heavy atom. The number of anilines is 1. The van der Waals surface area contributed by atoms with Crippen molar-refractivity contribution in [1.82, 2.24) is 4.98 Å². The quantitative estimate of drug-likeness (QED) is 0.792. The third-order valence-electron chi connectivity index (χ3n) is 3.54. The first kappa shape index (κ1) is 10.5. The van der Waals surface area contributed by atoms with E-state index in [2.05, 4.69) is 31.9 Å². The van der Waals surface area contributed by atoms with Crippen LogP contribution in [0.1, 0.15) is 19.3 Å². The van der Waals surface area contributed by atoms with Crippen LogP contribution in [0.3, 0.4) is 0 Å². The van der Waals surface area contributed by atoms with E-state index in [0.29, 0.717) is 12.1 Å². The first-order valence-corrected chi connectivity index (χ1v) is 6.63. The number of rotatable bonds is 1. The zero-order valence-electron chi connectivity index (χ0n) is 9.10. The second kappa shape index (κ2) is 4.34. The molecule has 1 aliphatic heterocycles. The molecule has 86 valence electrons. The Kier molecular flexibility index (Phi) is 2.86. The van der Waals surface area contributed by atoms with Gasteiger partial charge in [0.15, 0.2) is 0 Å². The Bertz CT molecular complexity index is 385. The molecule has 3 nitrogen and oxygen atoms in total. The van der Waals surface area contributed by atoms with Crippen molar-refractivity contribution in [2.24, 2.45) is 0 Å². The van der Waals surface area contributed by atoms with Crippen LogP contribution >= 0.6 is 15.9 Å². The summed E-state index contributed by atoms with van der Waals surface area (Å²) in [5.41, 5.74) is 1.26. The fourth-order valence-electron chi connectivity index (χ4n) is 2.83. The fraction of sp³-hybridized carbons (Fsp3) is 0.583. The second-order valence-electron chi connectivity index (χ2n) is 4.43. The number of nitrogens with zero attached hydrogens (tertiary/aromatic N) is 2. The van der Waals surface area contributed by atoms with E-state index in [-0.39, 0.29) is 0 Å². The monoisotopic (exact) mass is 282 g/mol. The van der Waals surface area contributed by atoms with E-state index in [0.717, 1.165) is 17.6 Å². The van der Waals surface area contributed by atoms with Gasteiger partial charge in [0, 0.05) is 18.9 Å². The molecule has 0 amide bonds. The van der Waals surface area contributed by atoms with Crippen LogP contribution in [0.5, 0.6) is 0 Å². The highest BCUT2D eigenvalue weighted by Gasteiger charge is 2.36. The van der Waals surface area contributed by atoms with Gasteiger partial charge in [0.25, 0.3) is 0 Å². The molecule has 1 saturated carbocycles. The first-order valence-electron chi connectivity index (χ1n) is 5.84. The van der Waals surface area contributed by atoms with Gasteiger partial charge in [0.1, 0.15) is 0 Å². The summed E-state index contributed by atoms with van der Waals surface area (Å²) in [6.07, 6.45) is 7.92. The summed E-state index contributed by atoms with van der Waals surface area (Å²) in [6, 6.07) is 2.65. The summed E-state index contributed by atoms with van der Waals surface area (Å²) < 4.78 is 6.91. The summed E-state index contributed by atoms with van der Waals surface area (Å²) in [4.78, 5) is 6.60. The maximum absolute atomic E-state index is 5.82. The van der Waals surface area contributed by atoms with Gasteiger partial charge in [0.05, 0.1) is 28.9 Å². The standard InChI is InChI=1S/C12H15BrN2O/c13-9-8-14-5-4-10(9)15-6-7-16-12-3-1-2-11(12)15/h4-5,8,11-12H,1-3,6-7H2. The average molecular weight is 283 g/mol. The molecule has 2 aliphatic rings. The van der Waals surface area contributed by atoms with Crippen molar-refractivity contribution >= 4 is 21.6 Å². The smallest absolute Gasteiger partial charge is 0.0779 e. The third kappa shape index (κ3) is 1.74. The molecule has 2 fully saturated rings. The molecule has 0 bridgehead atoms. The minimum Gasteiger partial charge on any atom is -0.374 e. The molecular formula is C12H15BrN2O. The molecule has 0 radical (unpaired) electrons. The first-order chi connectivity index (χ1) is 7.86. The molecule has 16 heavy (non-hydrogen) atoms. The lowest BCUT2D eigenvalue weighted by Crippen LogP contribution is -2.48. The Hall–Kier alpha value is -0.610. The van der Waals surface area contributed by atoms with E-state index < -0.39 is 0 Å². The van der Waals surface area contributed by atoms with Crippen LogP contribution in [0.15, 0.2) is 22.9 Å². The maximum atomic E-state index is 5.82. The molecule has 0 N–H and O–H groups in total. The molecule has 2 unspecified atom stereocenters. The summed E-state index contributed by atoms with van der Waals surface area (Å²) >= 11 is 3.58. The van der Waals surface area contributed by atoms with Crippen molar-refractivity contribution in [3.8, 4) is 0 Å². The number of fused-ring (bicyclic) bond motifs is 1. The van der Waals surface area contributed by atoms with Crippen molar-refractivity contribution in [1.29, 1.82) is 0 Å². The number of hydrogen-bond acceptors (Lipinski definition) is 3. The molecule has 3 rings (SSSR count). The van der Waals surface area contributed by atoms with E-state index >= 15 is 0 Å². The van der Waals surface area contributed by atoms with Crippen LogP contribution in [0.2, 0.25) is 0 Å². The highest BCUT2D eigenvalue weighted by molar-refractivity contribution is 9.10. The topological polar surface area (TPSA) is 25.4 Å². The van der Waals surface area contributed by atoms with E-state index in [1.807, 2.05) is 12.4 Å². The van der Waals surface area contributed by atoms with E-state index in [1.165, 1.54) is 24.9 Å². The number of hydrogen-bond donors (Lipinski definition) is 0. The zero-order valence-corrected chi connectivity index (χ0v) is 10.7. The van der Waals surface area contributed by atoms with Crippen LogP contribution in [-0.2, 0) is 4.74 Å². The zero-order chi connectivity index (χ0) is 11.0. The lowest BCUT2D eigenvalue weighted by atomic mass is 10.1. The van der Waals surface area contributed by atoms with E-state index in [4.69, 9.17) is 4.74 Å². The normalized spacial score (nSPS) is 29.2. The molecule has 0 aromatic carbocycles. The number of halogens is 1. The number of ether oxygens (including phenoxy) is 1. The van der Waals surface area contributed by atoms with Gasteiger partial charge in [-0.15, -0.1) is 0 Å². The molecule has 4 heteroatoms. The van der Waals surface area contributed by atoms with Crippen LogP contribution in [0, 0.1) is 0 Å². The minimum absolute atomic E-state index is 0.439. The van der Waals surface area contributed by atoms with Crippen molar-refractivity contribution in [3.05, 3.63) is 22.9 Å². The Labute approximate surface area is 104 Å². The van der Waals surface area contributed by atoms with Crippen molar-refractivity contribution in [2.75, 3.05) is 18.1 Å². The Morgan fingerprint density at radius 2 is 2.38 bits per heavy atom. The lowest BCUT2D eigenvalue weighted by Gasteiger charge is -2.39. The van der Waals surface area contributed by atoms with Crippen molar-refractivity contribution in [2.45, 2.75) is 31.4 Å². The van der Waals surface area contributed by atoms with Gasteiger partial charge in [-0.25, -0.2) is 0 Å². The van der Waals surface area contributed by atoms with Gasteiger partial charge in [-0.05, 0) is 41.3 Å². The van der Waals surface area contributed by atoms with Gasteiger partial charge in [-0.2, -0.15) is 0 Å². The number of pyridine rings is 1. The number of morpholine rings is 1. The minimum atomic E-state index is 0.439. The molecule has 2 atom stereocenters. The Balaban J connectivity index is 1.91. The molecule has 1 aromatic rings. The highest BCUT2D eigenvalue weighted by Crippen LogP contribution is 2.35. The fourth-order valence-corrected chi connectivity index (χ4v) is 3.30.